The van der Waals surface area contributed by atoms with E-state index in [0.717, 1.165) is 0 Å². The summed E-state index contributed by atoms with van der Waals surface area (Å²) in [6.45, 7) is 13.7. The van der Waals surface area contributed by atoms with Crippen molar-refractivity contribution in [3.8, 4) is 0 Å². The van der Waals surface area contributed by atoms with Crippen LogP contribution in [0.5, 0.6) is 0 Å². The maximum Gasteiger partial charge on any atom is 0.0690 e. The Morgan fingerprint density at radius 2 is 1.48 bits per heavy atom. The second-order valence-electron chi connectivity index (χ2n) is 7.15. The molecule has 1 aromatic rings. The molecule has 1 N–H and O–H groups in total. The molecule has 1 aromatic carbocycles. The average Bonchev–Trinajstić information content (AvgIpc) is 2.91. The van der Waals surface area contributed by atoms with Gasteiger partial charge in [0.05, 0.1) is 6.04 Å². The van der Waals surface area contributed by atoms with Crippen molar-refractivity contribution in [1.29, 1.82) is 0 Å². The number of hydrogen-bond donors (Lipinski definition) is 1. The number of rotatable bonds is 4. The third-order valence-corrected chi connectivity index (χ3v) is 5.95. The molecule has 122 valence electrons. The lowest BCUT2D eigenvalue weighted by Gasteiger charge is -2.24. The van der Waals surface area contributed by atoms with E-state index in [9.17, 15) is 0 Å². The second kappa shape index (κ2) is 6.03. The molecule has 1 heteroatoms. The molecule has 0 aromatic heterocycles. The summed E-state index contributed by atoms with van der Waals surface area (Å²) in [6, 6.07) is 9.27. The van der Waals surface area contributed by atoms with E-state index in [1.807, 2.05) is 0 Å². The largest absolute Gasteiger partial charge is 0.377 e. The van der Waals surface area contributed by atoms with Crippen molar-refractivity contribution in [2.24, 2.45) is 5.92 Å². The van der Waals surface area contributed by atoms with Gasteiger partial charge in [-0.05, 0) is 61.6 Å². The lowest BCUT2D eigenvalue weighted by atomic mass is 9.96. The van der Waals surface area contributed by atoms with Crippen LogP contribution in [0.2, 0.25) is 0 Å². The van der Waals surface area contributed by atoms with Crippen LogP contribution in [0.15, 0.2) is 46.6 Å². The fraction of sp³-hybridized carbons (Fsp3) is 0.455. The highest BCUT2D eigenvalue weighted by molar-refractivity contribution is 5.70. The summed E-state index contributed by atoms with van der Waals surface area (Å²) in [5, 5.41) is 6.78. The molecule has 0 bridgehead atoms. The van der Waals surface area contributed by atoms with Crippen molar-refractivity contribution in [3.63, 3.8) is 0 Å². The van der Waals surface area contributed by atoms with Crippen LogP contribution in [-0.4, -0.2) is 6.04 Å². The fourth-order valence-electron chi connectivity index (χ4n) is 4.18. The number of nitrogens with one attached hydrogen (secondary N) is 1. The molecule has 2 aliphatic carbocycles. The summed E-state index contributed by atoms with van der Waals surface area (Å²) in [6.07, 6.45) is 2.40. The van der Waals surface area contributed by atoms with Gasteiger partial charge >= 0.3 is 0 Å². The quantitative estimate of drug-likeness (QED) is 0.885. The van der Waals surface area contributed by atoms with Crippen LogP contribution >= 0.6 is 0 Å². The first-order valence-corrected chi connectivity index (χ1v) is 8.91. The number of benzene rings is 1. The summed E-state index contributed by atoms with van der Waals surface area (Å²) >= 11 is 0. The molecule has 0 aliphatic heterocycles. The minimum Gasteiger partial charge on any atom is -0.377 e. The van der Waals surface area contributed by atoms with Crippen LogP contribution < -0.4 is 15.8 Å². The van der Waals surface area contributed by atoms with E-state index in [-0.39, 0.29) is 0 Å². The van der Waals surface area contributed by atoms with Gasteiger partial charge in [0.25, 0.3) is 0 Å². The maximum atomic E-state index is 3.91. The van der Waals surface area contributed by atoms with Gasteiger partial charge in [-0.1, -0.05) is 50.1 Å². The molecule has 0 radical (unpaired) electrons. The van der Waals surface area contributed by atoms with E-state index in [4.69, 9.17) is 0 Å². The zero-order valence-electron chi connectivity index (χ0n) is 15.4. The standard InChI is InChI=1S/C22H29N/c1-7-10-18-17(6)22(20-12-9-8-11-19(18)20)23-21-15(4)13(2)14(3)16(21)5/h8-9,11-12,17,21,23H,7,10H2,1-6H3. The van der Waals surface area contributed by atoms with Gasteiger partial charge in [-0.3, -0.25) is 0 Å². The Hall–Kier alpha value is -1.76. The van der Waals surface area contributed by atoms with Crippen molar-refractivity contribution >= 4 is 11.3 Å². The summed E-state index contributed by atoms with van der Waals surface area (Å²) in [7, 11) is 0. The van der Waals surface area contributed by atoms with Gasteiger partial charge in [-0.2, -0.15) is 0 Å². The van der Waals surface area contributed by atoms with E-state index >= 15 is 0 Å². The Kier molecular flexibility index (Phi) is 4.23. The predicted octanol–water partition coefficient (Wildman–Crippen LogP) is 4.04. The van der Waals surface area contributed by atoms with Gasteiger partial charge in [0.1, 0.15) is 0 Å². The minimum atomic E-state index is 0.362. The lowest BCUT2D eigenvalue weighted by Crippen LogP contribution is -2.35. The zero-order valence-corrected chi connectivity index (χ0v) is 15.4. The Morgan fingerprint density at radius 3 is 2.04 bits per heavy atom. The molecule has 1 unspecified atom stereocenters. The summed E-state index contributed by atoms with van der Waals surface area (Å²) in [5.41, 5.74) is 8.87. The SMILES string of the molecule is CCCC1=c2ccccc2=C(NC2C(C)=C(C)C(C)=C2C)C1C. The van der Waals surface area contributed by atoms with E-state index < -0.39 is 0 Å². The first-order chi connectivity index (χ1) is 11.0. The Balaban J connectivity index is 2.08. The van der Waals surface area contributed by atoms with Crippen LogP contribution in [0, 0.1) is 5.92 Å². The van der Waals surface area contributed by atoms with Crippen LogP contribution in [-0.2, 0) is 0 Å². The Bertz CT molecular complexity index is 796. The van der Waals surface area contributed by atoms with E-state index in [1.165, 1.54) is 51.3 Å². The van der Waals surface area contributed by atoms with Crippen LogP contribution in [0.4, 0.5) is 0 Å². The van der Waals surface area contributed by atoms with E-state index in [0.29, 0.717) is 12.0 Å². The van der Waals surface area contributed by atoms with Crippen LogP contribution in [0.1, 0.15) is 54.4 Å². The Morgan fingerprint density at radius 1 is 0.913 bits per heavy atom. The van der Waals surface area contributed by atoms with Crippen molar-refractivity contribution in [2.45, 2.75) is 60.4 Å². The number of allylic oxidation sites excluding steroid dienone is 2. The molecular weight excluding hydrogens is 278 g/mol. The zero-order chi connectivity index (χ0) is 16.7. The molecule has 1 atom stereocenters. The highest BCUT2D eigenvalue weighted by Gasteiger charge is 2.28. The molecule has 1 nitrogen and oxygen atoms in total. The van der Waals surface area contributed by atoms with E-state index in [1.54, 1.807) is 5.57 Å². The molecule has 2 aliphatic rings. The number of fused-ring (bicyclic) bond motifs is 1. The molecule has 0 spiro atoms. The predicted molar refractivity (Wildman–Crippen MR) is 100 cm³/mol. The van der Waals surface area contributed by atoms with Gasteiger partial charge in [0.15, 0.2) is 0 Å². The van der Waals surface area contributed by atoms with Gasteiger partial charge in [0.2, 0.25) is 0 Å². The highest BCUT2D eigenvalue weighted by Crippen LogP contribution is 2.34. The van der Waals surface area contributed by atoms with Gasteiger partial charge in [0, 0.05) is 16.8 Å². The maximum absolute atomic E-state index is 3.91. The van der Waals surface area contributed by atoms with Crippen molar-refractivity contribution in [2.75, 3.05) is 0 Å². The molecular formula is C22H29N. The molecule has 0 saturated heterocycles. The summed E-state index contributed by atoms with van der Waals surface area (Å²) in [4.78, 5) is 0. The molecule has 23 heavy (non-hydrogen) atoms. The number of hydrogen-bond acceptors (Lipinski definition) is 1. The topological polar surface area (TPSA) is 12.0 Å². The molecule has 3 rings (SSSR count). The fourth-order valence-corrected chi connectivity index (χ4v) is 4.18. The van der Waals surface area contributed by atoms with Crippen LogP contribution in [0.3, 0.4) is 0 Å². The molecule has 0 amide bonds. The van der Waals surface area contributed by atoms with Crippen molar-refractivity contribution < 1.29 is 0 Å². The Labute approximate surface area is 140 Å². The first kappa shape index (κ1) is 16.1. The minimum absolute atomic E-state index is 0.362. The molecule has 0 saturated carbocycles. The van der Waals surface area contributed by atoms with Crippen LogP contribution in [0.25, 0.3) is 11.3 Å². The van der Waals surface area contributed by atoms with Crippen molar-refractivity contribution in [3.05, 3.63) is 57.0 Å². The first-order valence-electron chi connectivity index (χ1n) is 8.91. The highest BCUT2D eigenvalue weighted by atomic mass is 14.9. The smallest absolute Gasteiger partial charge is 0.0690 e. The average molecular weight is 307 g/mol. The monoisotopic (exact) mass is 307 g/mol. The molecule has 0 fully saturated rings. The third-order valence-electron chi connectivity index (χ3n) is 5.95. The summed E-state index contributed by atoms with van der Waals surface area (Å²) < 4.78 is 0. The van der Waals surface area contributed by atoms with Gasteiger partial charge in [-0.15, -0.1) is 0 Å². The third kappa shape index (κ3) is 2.47. The van der Waals surface area contributed by atoms with E-state index in [2.05, 4.69) is 71.1 Å². The molecule has 0 heterocycles. The second-order valence-corrected chi connectivity index (χ2v) is 7.15. The summed E-state index contributed by atoms with van der Waals surface area (Å²) in [5.74, 6) is 0.495. The normalized spacial score (nSPS) is 21.6. The van der Waals surface area contributed by atoms with Gasteiger partial charge < -0.3 is 5.32 Å². The van der Waals surface area contributed by atoms with Crippen molar-refractivity contribution in [1.82, 2.24) is 5.32 Å². The lowest BCUT2D eigenvalue weighted by molar-refractivity contribution is 0.723. The van der Waals surface area contributed by atoms with Gasteiger partial charge in [-0.25, -0.2) is 0 Å².